The molecule has 0 aliphatic carbocycles. The summed E-state index contributed by atoms with van der Waals surface area (Å²) >= 11 is 2.28. The van der Waals surface area contributed by atoms with Crippen molar-refractivity contribution in [2.75, 3.05) is 18.0 Å². The van der Waals surface area contributed by atoms with Crippen LogP contribution in [0.3, 0.4) is 0 Å². The number of hydrogen-bond donors (Lipinski definition) is 1. The molecule has 1 fully saturated rings. The Labute approximate surface area is 177 Å². The molecule has 8 heteroatoms. The van der Waals surface area contributed by atoms with Gasteiger partial charge < -0.3 is 10.2 Å². The average Bonchev–Trinajstić information content (AvgIpc) is 3.28. The molecule has 28 heavy (non-hydrogen) atoms. The van der Waals surface area contributed by atoms with Gasteiger partial charge in [0.15, 0.2) is 11.6 Å². The summed E-state index contributed by atoms with van der Waals surface area (Å²) in [4.78, 5) is 14.8. The fraction of sp³-hybridized carbons (Fsp3) is 0.300. The Morgan fingerprint density at radius 3 is 2.64 bits per heavy atom. The molecule has 1 aromatic carbocycles. The molecule has 1 unspecified atom stereocenters. The number of piperidine rings is 1. The van der Waals surface area contributed by atoms with Gasteiger partial charge in [-0.2, -0.15) is 5.10 Å². The number of nitrogens with zero attached hydrogens (tertiary/aromatic N) is 5. The average molecular weight is 488 g/mol. The Bertz CT molecular complexity index is 911. The predicted octanol–water partition coefficient (Wildman–Crippen LogP) is 2.80. The summed E-state index contributed by atoms with van der Waals surface area (Å²) in [5, 5.41) is 15.8. The SMILES string of the molecule is O=C(NCc1ccc(I)cc1)C1CCCN(c2ccc(-n3cccn3)nn2)C1. The number of benzene rings is 1. The molecule has 3 aromatic rings. The van der Waals surface area contributed by atoms with E-state index in [0.29, 0.717) is 18.9 Å². The van der Waals surface area contributed by atoms with Gasteiger partial charge in [0, 0.05) is 35.6 Å². The molecule has 2 aromatic heterocycles. The quantitative estimate of drug-likeness (QED) is 0.560. The van der Waals surface area contributed by atoms with Gasteiger partial charge in [-0.05, 0) is 71.3 Å². The maximum absolute atomic E-state index is 12.6. The first-order valence-electron chi connectivity index (χ1n) is 9.30. The standard InChI is InChI=1S/C20H21IN6O/c21-17-6-4-15(5-7-17)13-22-20(28)16-3-1-11-26(14-16)18-8-9-19(25-24-18)27-12-2-10-23-27/h2,4-10,12,16H,1,3,11,13-14H2,(H,22,28). The number of nitrogens with one attached hydrogen (secondary N) is 1. The van der Waals surface area contributed by atoms with E-state index in [2.05, 4.69) is 60.2 Å². The number of hydrogen-bond acceptors (Lipinski definition) is 5. The Hall–Kier alpha value is -2.49. The number of carbonyl (C=O) groups excluding carboxylic acids is 1. The summed E-state index contributed by atoms with van der Waals surface area (Å²) in [6.45, 7) is 2.11. The van der Waals surface area contributed by atoms with E-state index in [1.807, 2.05) is 36.5 Å². The van der Waals surface area contributed by atoms with E-state index in [1.54, 1.807) is 10.9 Å². The highest BCUT2D eigenvalue weighted by atomic mass is 127. The topological polar surface area (TPSA) is 75.9 Å². The van der Waals surface area contributed by atoms with E-state index in [1.165, 1.54) is 3.57 Å². The molecule has 1 amide bonds. The summed E-state index contributed by atoms with van der Waals surface area (Å²) in [6, 6.07) is 13.9. The molecule has 0 radical (unpaired) electrons. The maximum atomic E-state index is 12.6. The number of anilines is 1. The third kappa shape index (κ3) is 4.49. The van der Waals surface area contributed by atoms with Gasteiger partial charge in [-0.15, -0.1) is 10.2 Å². The molecule has 1 aliphatic rings. The summed E-state index contributed by atoms with van der Waals surface area (Å²) in [5.41, 5.74) is 1.11. The Balaban J connectivity index is 1.35. The number of halogens is 1. The van der Waals surface area contributed by atoms with Crippen molar-refractivity contribution in [2.45, 2.75) is 19.4 Å². The smallest absolute Gasteiger partial charge is 0.225 e. The molecule has 1 saturated heterocycles. The van der Waals surface area contributed by atoms with Gasteiger partial charge in [0.25, 0.3) is 0 Å². The largest absolute Gasteiger partial charge is 0.354 e. The fourth-order valence-corrected chi connectivity index (χ4v) is 3.71. The van der Waals surface area contributed by atoms with Gasteiger partial charge in [-0.1, -0.05) is 12.1 Å². The zero-order valence-corrected chi connectivity index (χ0v) is 17.5. The van der Waals surface area contributed by atoms with Gasteiger partial charge in [-0.25, -0.2) is 4.68 Å². The molecule has 0 saturated carbocycles. The molecule has 0 spiro atoms. The van der Waals surface area contributed by atoms with Crippen LogP contribution < -0.4 is 10.2 Å². The normalized spacial score (nSPS) is 16.8. The van der Waals surface area contributed by atoms with Gasteiger partial charge in [0.1, 0.15) is 0 Å². The number of amides is 1. The van der Waals surface area contributed by atoms with E-state index in [-0.39, 0.29) is 11.8 Å². The second-order valence-corrected chi connectivity index (χ2v) is 8.08. The molecule has 4 rings (SSSR count). The highest BCUT2D eigenvalue weighted by molar-refractivity contribution is 14.1. The van der Waals surface area contributed by atoms with Crippen LogP contribution in [0.5, 0.6) is 0 Å². The molecule has 1 aliphatic heterocycles. The molecule has 0 bridgehead atoms. The lowest BCUT2D eigenvalue weighted by molar-refractivity contribution is -0.125. The minimum Gasteiger partial charge on any atom is -0.354 e. The highest BCUT2D eigenvalue weighted by Crippen LogP contribution is 2.22. The summed E-state index contributed by atoms with van der Waals surface area (Å²) < 4.78 is 2.86. The lowest BCUT2D eigenvalue weighted by Gasteiger charge is -2.32. The third-order valence-electron chi connectivity index (χ3n) is 4.87. The van der Waals surface area contributed by atoms with Crippen LogP contribution in [0, 0.1) is 9.49 Å². The van der Waals surface area contributed by atoms with E-state index < -0.39 is 0 Å². The number of carbonyl (C=O) groups is 1. The minimum absolute atomic E-state index is 0.0369. The van der Waals surface area contributed by atoms with Crippen molar-refractivity contribution in [3.05, 3.63) is 64.0 Å². The first-order chi connectivity index (χ1) is 13.7. The summed E-state index contributed by atoms with van der Waals surface area (Å²) in [7, 11) is 0. The second-order valence-electron chi connectivity index (χ2n) is 6.83. The van der Waals surface area contributed by atoms with Crippen LogP contribution in [0.1, 0.15) is 18.4 Å². The van der Waals surface area contributed by atoms with E-state index >= 15 is 0 Å². The van der Waals surface area contributed by atoms with Crippen molar-refractivity contribution in [1.82, 2.24) is 25.3 Å². The van der Waals surface area contributed by atoms with Crippen molar-refractivity contribution in [3.8, 4) is 5.82 Å². The van der Waals surface area contributed by atoms with Crippen molar-refractivity contribution >= 4 is 34.3 Å². The van der Waals surface area contributed by atoms with Crippen molar-refractivity contribution in [1.29, 1.82) is 0 Å². The summed E-state index contributed by atoms with van der Waals surface area (Å²) in [5.74, 6) is 1.54. The van der Waals surface area contributed by atoms with Crippen molar-refractivity contribution in [3.63, 3.8) is 0 Å². The maximum Gasteiger partial charge on any atom is 0.225 e. The van der Waals surface area contributed by atoms with Crippen LogP contribution >= 0.6 is 22.6 Å². The highest BCUT2D eigenvalue weighted by Gasteiger charge is 2.26. The zero-order chi connectivity index (χ0) is 19.3. The van der Waals surface area contributed by atoms with Crippen LogP contribution in [0.4, 0.5) is 5.82 Å². The molecule has 3 heterocycles. The zero-order valence-electron chi connectivity index (χ0n) is 15.3. The summed E-state index contributed by atoms with van der Waals surface area (Å²) in [6.07, 6.45) is 5.40. The predicted molar refractivity (Wildman–Crippen MR) is 115 cm³/mol. The van der Waals surface area contributed by atoms with Gasteiger partial charge in [0.05, 0.1) is 5.92 Å². The lowest BCUT2D eigenvalue weighted by atomic mass is 9.97. The molecular weight excluding hydrogens is 467 g/mol. The molecule has 1 N–H and O–H groups in total. The first-order valence-corrected chi connectivity index (χ1v) is 10.4. The minimum atomic E-state index is -0.0369. The van der Waals surface area contributed by atoms with Crippen LogP contribution in [0.15, 0.2) is 54.9 Å². The Morgan fingerprint density at radius 1 is 1.14 bits per heavy atom. The molecule has 144 valence electrons. The van der Waals surface area contributed by atoms with Gasteiger partial charge in [0.2, 0.25) is 5.91 Å². The van der Waals surface area contributed by atoms with E-state index in [4.69, 9.17) is 0 Å². The third-order valence-corrected chi connectivity index (χ3v) is 5.59. The monoisotopic (exact) mass is 488 g/mol. The van der Waals surface area contributed by atoms with Gasteiger partial charge in [-0.3, -0.25) is 4.79 Å². The first kappa shape index (κ1) is 18.9. The Morgan fingerprint density at radius 2 is 1.93 bits per heavy atom. The van der Waals surface area contributed by atoms with E-state index in [9.17, 15) is 4.79 Å². The van der Waals surface area contributed by atoms with E-state index in [0.717, 1.165) is 30.8 Å². The second kappa shape index (κ2) is 8.68. The van der Waals surface area contributed by atoms with Crippen LogP contribution in [0.25, 0.3) is 5.82 Å². The number of rotatable bonds is 5. The van der Waals surface area contributed by atoms with Crippen LogP contribution in [0.2, 0.25) is 0 Å². The van der Waals surface area contributed by atoms with Crippen LogP contribution in [-0.4, -0.2) is 39.0 Å². The van der Waals surface area contributed by atoms with Crippen molar-refractivity contribution in [2.24, 2.45) is 5.92 Å². The fourth-order valence-electron chi connectivity index (χ4n) is 3.35. The molecule has 1 atom stereocenters. The number of aromatic nitrogens is 4. The van der Waals surface area contributed by atoms with Crippen LogP contribution in [-0.2, 0) is 11.3 Å². The lowest BCUT2D eigenvalue weighted by Crippen LogP contribution is -2.43. The Kier molecular flexibility index (Phi) is 5.84. The molecule has 7 nitrogen and oxygen atoms in total. The van der Waals surface area contributed by atoms with Gasteiger partial charge >= 0.3 is 0 Å². The molecular formula is C20H21IN6O. The van der Waals surface area contributed by atoms with Crippen molar-refractivity contribution < 1.29 is 4.79 Å².